The normalized spacial score (nSPS) is 15.8. The second-order valence-corrected chi connectivity index (χ2v) is 5.62. The van der Waals surface area contributed by atoms with Crippen LogP contribution in [0.25, 0.3) is 0 Å². The van der Waals surface area contributed by atoms with E-state index in [-0.39, 0.29) is 5.91 Å². The van der Waals surface area contributed by atoms with E-state index in [1.54, 1.807) is 6.92 Å². The Morgan fingerprint density at radius 3 is 2.45 bits per heavy atom. The molecule has 110 valence electrons. The molecule has 5 heteroatoms. The van der Waals surface area contributed by atoms with Crippen LogP contribution in [0.2, 0.25) is 0 Å². The topological polar surface area (TPSA) is 52.8 Å². The number of nitrogens with zero attached hydrogens (tertiary/aromatic N) is 3. The lowest BCUT2D eigenvalue weighted by Crippen LogP contribution is -2.48. The van der Waals surface area contributed by atoms with Crippen LogP contribution < -0.4 is 10.6 Å². The summed E-state index contributed by atoms with van der Waals surface area (Å²) >= 11 is 0. The summed E-state index contributed by atoms with van der Waals surface area (Å²) in [5.74, 6) is 0.162. The van der Waals surface area contributed by atoms with Gasteiger partial charge in [-0.3, -0.25) is 4.79 Å². The van der Waals surface area contributed by atoms with Crippen molar-refractivity contribution >= 4 is 17.3 Å². The number of carbonyl (C=O) groups excluding carboxylic acids is 1. The molecule has 1 fully saturated rings. The van der Waals surface area contributed by atoms with Gasteiger partial charge in [-0.2, -0.15) is 0 Å². The van der Waals surface area contributed by atoms with Gasteiger partial charge in [0.05, 0.1) is 0 Å². The molecule has 2 rings (SSSR count). The Kier molecular flexibility index (Phi) is 4.49. The number of anilines is 2. The molecule has 1 aliphatic rings. The van der Waals surface area contributed by atoms with Gasteiger partial charge in [0, 0.05) is 51.0 Å². The van der Waals surface area contributed by atoms with E-state index >= 15 is 0 Å². The van der Waals surface area contributed by atoms with Gasteiger partial charge in [0.25, 0.3) is 0 Å². The number of hydrogen-bond donors (Lipinski definition) is 1. The Labute approximate surface area is 120 Å². The monoisotopic (exact) mass is 276 g/mol. The Morgan fingerprint density at radius 2 is 1.90 bits per heavy atom. The molecule has 0 atom stereocenters. The number of rotatable bonds is 3. The predicted octanol–water partition coefficient (Wildman–Crippen LogP) is 0.999. The lowest BCUT2D eigenvalue weighted by atomic mass is 10.1. The van der Waals surface area contributed by atoms with Gasteiger partial charge in [0.15, 0.2) is 0 Å². The quantitative estimate of drug-likeness (QED) is 0.837. The minimum absolute atomic E-state index is 0.162. The van der Waals surface area contributed by atoms with E-state index in [4.69, 9.17) is 5.73 Å². The summed E-state index contributed by atoms with van der Waals surface area (Å²) in [6.45, 7) is 5.85. The molecule has 20 heavy (non-hydrogen) atoms. The van der Waals surface area contributed by atoms with Crippen molar-refractivity contribution in [2.45, 2.75) is 13.5 Å². The zero-order chi connectivity index (χ0) is 14.7. The predicted molar refractivity (Wildman–Crippen MR) is 82.7 cm³/mol. The van der Waals surface area contributed by atoms with E-state index in [2.05, 4.69) is 30.0 Å². The number of amides is 1. The summed E-state index contributed by atoms with van der Waals surface area (Å²) in [5, 5.41) is 0. The molecule has 0 aliphatic carbocycles. The Hall–Kier alpha value is -1.75. The van der Waals surface area contributed by atoms with Crippen molar-refractivity contribution < 1.29 is 4.79 Å². The fraction of sp³-hybridized carbons (Fsp3) is 0.533. The van der Waals surface area contributed by atoms with E-state index in [0.717, 1.165) is 38.4 Å². The van der Waals surface area contributed by atoms with Gasteiger partial charge in [-0.05, 0) is 37.9 Å². The first-order valence-corrected chi connectivity index (χ1v) is 7.01. The van der Waals surface area contributed by atoms with Gasteiger partial charge >= 0.3 is 0 Å². The maximum absolute atomic E-state index is 11.4. The van der Waals surface area contributed by atoms with Crippen molar-refractivity contribution in [1.82, 2.24) is 9.80 Å². The molecule has 1 amide bonds. The molecule has 1 saturated heterocycles. The molecule has 1 aliphatic heterocycles. The maximum atomic E-state index is 11.4. The second kappa shape index (κ2) is 6.13. The van der Waals surface area contributed by atoms with Crippen molar-refractivity contribution in [2.75, 3.05) is 50.9 Å². The Bertz CT molecular complexity index is 479. The van der Waals surface area contributed by atoms with Gasteiger partial charge in [-0.1, -0.05) is 0 Å². The van der Waals surface area contributed by atoms with Gasteiger partial charge in [-0.15, -0.1) is 0 Å². The molecule has 0 unspecified atom stereocenters. The molecule has 5 nitrogen and oxygen atoms in total. The van der Waals surface area contributed by atoms with E-state index in [9.17, 15) is 4.79 Å². The summed E-state index contributed by atoms with van der Waals surface area (Å²) in [6.07, 6.45) is 0. The zero-order valence-electron chi connectivity index (χ0n) is 12.6. The van der Waals surface area contributed by atoms with Gasteiger partial charge in [0.2, 0.25) is 5.91 Å². The van der Waals surface area contributed by atoms with Gasteiger partial charge in [0.1, 0.15) is 0 Å². The first-order valence-electron chi connectivity index (χ1n) is 7.01. The van der Waals surface area contributed by atoms with Gasteiger partial charge in [-0.25, -0.2) is 0 Å². The third-order valence-electron chi connectivity index (χ3n) is 3.66. The van der Waals surface area contributed by atoms with Crippen LogP contribution in [0.4, 0.5) is 11.4 Å². The third-order valence-corrected chi connectivity index (χ3v) is 3.66. The summed E-state index contributed by atoms with van der Waals surface area (Å²) in [7, 11) is 4.11. The van der Waals surface area contributed by atoms with E-state index in [1.165, 1.54) is 11.3 Å². The minimum atomic E-state index is 0.162. The molecular formula is C15H24N4O. The number of nitrogen functional groups attached to an aromatic ring is 1. The maximum Gasteiger partial charge on any atom is 0.219 e. The van der Waals surface area contributed by atoms with Crippen LogP contribution in [0.15, 0.2) is 18.2 Å². The van der Waals surface area contributed by atoms with Crippen LogP contribution >= 0.6 is 0 Å². The highest BCUT2D eigenvalue weighted by molar-refractivity contribution is 5.73. The number of benzene rings is 1. The molecule has 1 aromatic carbocycles. The first-order chi connectivity index (χ1) is 9.47. The average molecular weight is 276 g/mol. The summed E-state index contributed by atoms with van der Waals surface area (Å²) in [4.78, 5) is 17.8. The van der Waals surface area contributed by atoms with Crippen molar-refractivity contribution in [3.8, 4) is 0 Å². The number of carbonyl (C=O) groups is 1. The molecule has 0 aromatic heterocycles. The number of hydrogen-bond acceptors (Lipinski definition) is 4. The molecule has 1 aromatic rings. The van der Waals surface area contributed by atoms with Crippen LogP contribution in [0.3, 0.4) is 0 Å². The summed E-state index contributed by atoms with van der Waals surface area (Å²) in [6, 6.07) is 6.09. The first kappa shape index (κ1) is 14.7. The van der Waals surface area contributed by atoms with E-state index < -0.39 is 0 Å². The Morgan fingerprint density at radius 1 is 1.25 bits per heavy atom. The molecule has 0 radical (unpaired) electrons. The fourth-order valence-electron chi connectivity index (χ4n) is 2.64. The van der Waals surface area contributed by atoms with E-state index in [1.807, 2.05) is 17.0 Å². The SMILES string of the molecule is CC(=O)N1CCN(c2ccc(N)cc2CN(C)C)CC1. The van der Waals surface area contributed by atoms with Crippen LogP contribution in [-0.2, 0) is 11.3 Å². The lowest BCUT2D eigenvalue weighted by molar-refractivity contribution is -0.129. The smallest absolute Gasteiger partial charge is 0.219 e. The molecule has 0 spiro atoms. The van der Waals surface area contributed by atoms with Crippen LogP contribution in [0.1, 0.15) is 12.5 Å². The number of nitrogens with two attached hydrogens (primary N) is 1. The van der Waals surface area contributed by atoms with Crippen molar-refractivity contribution in [1.29, 1.82) is 0 Å². The Balaban J connectivity index is 2.14. The van der Waals surface area contributed by atoms with E-state index in [0.29, 0.717) is 0 Å². The van der Waals surface area contributed by atoms with Crippen molar-refractivity contribution in [3.05, 3.63) is 23.8 Å². The van der Waals surface area contributed by atoms with Crippen molar-refractivity contribution in [2.24, 2.45) is 0 Å². The highest BCUT2D eigenvalue weighted by atomic mass is 16.2. The zero-order valence-corrected chi connectivity index (χ0v) is 12.6. The minimum Gasteiger partial charge on any atom is -0.399 e. The third kappa shape index (κ3) is 3.42. The molecular weight excluding hydrogens is 252 g/mol. The molecule has 0 saturated carbocycles. The molecule has 2 N–H and O–H groups in total. The standard InChI is InChI=1S/C15H24N4O/c1-12(20)18-6-8-19(9-7-18)15-5-4-14(16)10-13(15)11-17(2)3/h4-5,10H,6-9,11,16H2,1-3H3. The lowest BCUT2D eigenvalue weighted by Gasteiger charge is -2.37. The van der Waals surface area contributed by atoms with Crippen LogP contribution in [0, 0.1) is 0 Å². The average Bonchev–Trinajstić information content (AvgIpc) is 2.38. The second-order valence-electron chi connectivity index (χ2n) is 5.62. The number of piperazine rings is 1. The highest BCUT2D eigenvalue weighted by Crippen LogP contribution is 2.25. The molecule has 0 bridgehead atoms. The van der Waals surface area contributed by atoms with Crippen LogP contribution in [0.5, 0.6) is 0 Å². The summed E-state index contributed by atoms with van der Waals surface area (Å²) in [5.41, 5.74) is 9.18. The van der Waals surface area contributed by atoms with Crippen LogP contribution in [-0.4, -0.2) is 56.0 Å². The molecule has 1 heterocycles. The summed E-state index contributed by atoms with van der Waals surface area (Å²) < 4.78 is 0. The van der Waals surface area contributed by atoms with Gasteiger partial charge < -0.3 is 20.4 Å². The fourth-order valence-corrected chi connectivity index (χ4v) is 2.64. The largest absolute Gasteiger partial charge is 0.399 e. The highest BCUT2D eigenvalue weighted by Gasteiger charge is 2.20. The van der Waals surface area contributed by atoms with Crippen molar-refractivity contribution in [3.63, 3.8) is 0 Å².